The fourth-order valence-electron chi connectivity index (χ4n) is 2.19. The average molecular weight is 291 g/mol. The smallest absolute Gasteiger partial charge is 0.137 e. The van der Waals surface area contributed by atoms with Crippen molar-refractivity contribution in [3.63, 3.8) is 0 Å². The molecule has 0 saturated carbocycles. The molecule has 1 aromatic carbocycles. The predicted octanol–water partition coefficient (Wildman–Crippen LogP) is 4.32. The summed E-state index contributed by atoms with van der Waals surface area (Å²) in [5.41, 5.74) is 4.11. The van der Waals surface area contributed by atoms with Gasteiger partial charge in [-0.15, -0.1) is 11.6 Å². The van der Waals surface area contributed by atoms with Crippen molar-refractivity contribution in [3.05, 3.63) is 70.6 Å². The first-order valence-corrected chi connectivity index (χ1v) is 6.94. The first-order valence-electron chi connectivity index (χ1n) is 6.03. The molecule has 0 amide bonds. The number of benzene rings is 1. The van der Waals surface area contributed by atoms with E-state index in [9.17, 15) is 0 Å². The summed E-state index contributed by atoms with van der Waals surface area (Å²) < 4.78 is 1.97. The van der Waals surface area contributed by atoms with Gasteiger partial charge in [-0.1, -0.05) is 41.9 Å². The molecule has 2 heterocycles. The molecule has 0 aliphatic rings. The molecular formula is C15H12Cl2N2. The van der Waals surface area contributed by atoms with Gasteiger partial charge in [-0.2, -0.15) is 0 Å². The molecule has 0 aliphatic carbocycles. The van der Waals surface area contributed by atoms with E-state index in [2.05, 4.69) is 17.1 Å². The van der Waals surface area contributed by atoms with Crippen LogP contribution in [-0.4, -0.2) is 9.38 Å². The van der Waals surface area contributed by atoms with Crippen molar-refractivity contribution in [2.75, 3.05) is 0 Å². The summed E-state index contributed by atoms with van der Waals surface area (Å²) in [6, 6.07) is 14.0. The van der Waals surface area contributed by atoms with E-state index in [1.54, 1.807) is 0 Å². The molecule has 0 N–H and O–H groups in total. The van der Waals surface area contributed by atoms with Crippen LogP contribution in [-0.2, 0) is 12.3 Å². The van der Waals surface area contributed by atoms with Gasteiger partial charge in [0.15, 0.2) is 0 Å². The minimum Gasteiger partial charge on any atom is -0.301 e. The first-order chi connectivity index (χ1) is 9.28. The Morgan fingerprint density at radius 2 is 1.84 bits per heavy atom. The number of fused-ring (bicyclic) bond motifs is 1. The largest absolute Gasteiger partial charge is 0.301 e. The number of pyridine rings is 1. The van der Waals surface area contributed by atoms with Crippen LogP contribution in [0.15, 0.2) is 48.7 Å². The number of hydrogen-bond donors (Lipinski definition) is 0. The molecule has 0 aliphatic heterocycles. The summed E-state index contributed by atoms with van der Waals surface area (Å²) in [5, 5.41) is 0.683. The monoisotopic (exact) mass is 290 g/mol. The van der Waals surface area contributed by atoms with Gasteiger partial charge in [0.25, 0.3) is 0 Å². The second-order valence-corrected chi connectivity index (χ2v) is 5.08. The number of aromatic nitrogens is 2. The lowest BCUT2D eigenvalue weighted by Gasteiger charge is -2.02. The Kier molecular flexibility index (Phi) is 3.45. The van der Waals surface area contributed by atoms with Crippen molar-refractivity contribution in [2.24, 2.45) is 0 Å². The molecule has 96 valence electrons. The summed E-state index contributed by atoms with van der Waals surface area (Å²) in [6.07, 6.45) is 2.64. The van der Waals surface area contributed by atoms with Crippen LogP contribution < -0.4 is 0 Å². The Balaban J connectivity index is 2.08. The van der Waals surface area contributed by atoms with E-state index < -0.39 is 0 Å². The number of hydrogen-bond acceptors (Lipinski definition) is 1. The van der Waals surface area contributed by atoms with Crippen LogP contribution in [0, 0.1) is 0 Å². The van der Waals surface area contributed by atoms with E-state index in [1.807, 2.05) is 40.9 Å². The van der Waals surface area contributed by atoms with E-state index in [1.165, 1.54) is 5.56 Å². The van der Waals surface area contributed by atoms with E-state index in [0.29, 0.717) is 10.9 Å². The van der Waals surface area contributed by atoms with Gasteiger partial charge in [0.05, 0.1) is 22.3 Å². The predicted molar refractivity (Wildman–Crippen MR) is 79.0 cm³/mol. The highest BCUT2D eigenvalue weighted by Crippen LogP contribution is 2.20. The summed E-state index contributed by atoms with van der Waals surface area (Å²) >= 11 is 12.1. The molecule has 19 heavy (non-hydrogen) atoms. The lowest BCUT2D eigenvalue weighted by Crippen LogP contribution is -1.95. The number of rotatable bonds is 3. The highest BCUT2D eigenvalue weighted by atomic mass is 35.5. The van der Waals surface area contributed by atoms with Crippen LogP contribution in [0.2, 0.25) is 5.02 Å². The second-order valence-electron chi connectivity index (χ2n) is 4.38. The van der Waals surface area contributed by atoms with Crippen LogP contribution >= 0.6 is 23.2 Å². The van der Waals surface area contributed by atoms with Crippen molar-refractivity contribution >= 4 is 28.8 Å². The van der Waals surface area contributed by atoms with E-state index in [4.69, 9.17) is 23.2 Å². The zero-order valence-corrected chi connectivity index (χ0v) is 11.7. The maximum Gasteiger partial charge on any atom is 0.137 e. The molecule has 0 saturated heterocycles. The van der Waals surface area contributed by atoms with Gasteiger partial charge in [0.1, 0.15) is 5.65 Å². The van der Waals surface area contributed by atoms with E-state index in [-0.39, 0.29) is 0 Å². The third kappa shape index (κ3) is 2.46. The van der Waals surface area contributed by atoms with Crippen molar-refractivity contribution < 1.29 is 0 Å². The zero-order chi connectivity index (χ0) is 13.2. The van der Waals surface area contributed by atoms with Crippen molar-refractivity contribution in [2.45, 2.75) is 12.3 Å². The Morgan fingerprint density at radius 1 is 1.05 bits per heavy atom. The minimum atomic E-state index is 0.420. The summed E-state index contributed by atoms with van der Waals surface area (Å²) in [6.45, 7) is 0. The van der Waals surface area contributed by atoms with Gasteiger partial charge in [0.2, 0.25) is 0 Å². The van der Waals surface area contributed by atoms with Crippen LogP contribution in [0.25, 0.3) is 5.65 Å². The number of alkyl halides is 1. The number of imidazole rings is 1. The Labute approximate surface area is 121 Å². The van der Waals surface area contributed by atoms with E-state index in [0.717, 1.165) is 23.5 Å². The maximum atomic E-state index is 6.07. The topological polar surface area (TPSA) is 17.3 Å². The highest BCUT2D eigenvalue weighted by Gasteiger charge is 2.11. The standard InChI is InChI=1S/C15H12Cl2N2/c16-9-14-13(8-11-4-2-1-3-5-11)18-15-7-6-12(17)10-19(14)15/h1-7,10H,8-9H2. The zero-order valence-electron chi connectivity index (χ0n) is 10.2. The molecule has 0 radical (unpaired) electrons. The minimum absolute atomic E-state index is 0.420. The molecule has 3 rings (SSSR count). The van der Waals surface area contributed by atoms with Gasteiger partial charge in [-0.25, -0.2) is 4.98 Å². The quantitative estimate of drug-likeness (QED) is 0.657. The van der Waals surface area contributed by atoms with Crippen LogP contribution in [0.4, 0.5) is 0 Å². The molecule has 0 spiro atoms. The maximum absolute atomic E-state index is 6.07. The summed E-state index contributed by atoms with van der Waals surface area (Å²) in [4.78, 5) is 4.64. The Bertz CT molecular complexity index is 705. The fourth-order valence-corrected chi connectivity index (χ4v) is 2.63. The second kappa shape index (κ2) is 5.24. The van der Waals surface area contributed by atoms with Gasteiger partial charge in [-0.05, 0) is 17.7 Å². The van der Waals surface area contributed by atoms with Crippen molar-refractivity contribution in [3.8, 4) is 0 Å². The van der Waals surface area contributed by atoms with Gasteiger partial charge >= 0.3 is 0 Å². The molecule has 0 atom stereocenters. The normalized spacial score (nSPS) is 11.1. The lowest BCUT2D eigenvalue weighted by atomic mass is 10.1. The van der Waals surface area contributed by atoms with Crippen molar-refractivity contribution in [1.82, 2.24) is 9.38 Å². The highest BCUT2D eigenvalue weighted by molar-refractivity contribution is 6.30. The van der Waals surface area contributed by atoms with Gasteiger partial charge in [0, 0.05) is 12.6 Å². The summed E-state index contributed by atoms with van der Waals surface area (Å²) in [7, 11) is 0. The average Bonchev–Trinajstić information content (AvgIpc) is 2.76. The summed E-state index contributed by atoms with van der Waals surface area (Å²) in [5.74, 6) is 0.420. The van der Waals surface area contributed by atoms with Crippen LogP contribution in [0.3, 0.4) is 0 Å². The van der Waals surface area contributed by atoms with Crippen LogP contribution in [0.5, 0.6) is 0 Å². The molecular weight excluding hydrogens is 279 g/mol. The molecule has 0 fully saturated rings. The van der Waals surface area contributed by atoms with Crippen molar-refractivity contribution in [1.29, 1.82) is 0 Å². The molecule has 0 bridgehead atoms. The molecule has 0 unspecified atom stereocenters. The lowest BCUT2D eigenvalue weighted by molar-refractivity contribution is 1.03. The van der Waals surface area contributed by atoms with Crippen LogP contribution in [0.1, 0.15) is 17.0 Å². The fraction of sp³-hybridized carbons (Fsp3) is 0.133. The molecule has 3 aromatic rings. The first kappa shape index (κ1) is 12.5. The number of nitrogens with zero attached hydrogens (tertiary/aromatic N) is 2. The molecule has 4 heteroatoms. The Hall–Kier alpha value is -1.51. The Morgan fingerprint density at radius 3 is 2.58 bits per heavy atom. The van der Waals surface area contributed by atoms with E-state index >= 15 is 0 Å². The number of halogens is 2. The molecule has 2 aromatic heterocycles. The molecule has 2 nitrogen and oxygen atoms in total. The third-order valence-electron chi connectivity index (χ3n) is 3.11. The SMILES string of the molecule is ClCc1c(Cc2ccccc2)nc2ccc(Cl)cn12. The van der Waals surface area contributed by atoms with Gasteiger partial charge in [-0.3, -0.25) is 0 Å². The van der Waals surface area contributed by atoms with Gasteiger partial charge < -0.3 is 4.40 Å². The third-order valence-corrected chi connectivity index (χ3v) is 3.58.